The smallest absolute Gasteiger partial charge is 0.322 e. The average molecular weight is 349 g/mol. The Balaban J connectivity index is 1.64. The summed E-state index contributed by atoms with van der Waals surface area (Å²) in [5, 5.41) is 3.60. The molecule has 1 atom stereocenters. The lowest BCUT2D eigenvalue weighted by atomic mass is 10.2. The van der Waals surface area contributed by atoms with Crippen molar-refractivity contribution < 1.29 is 14.3 Å². The molecule has 1 aromatic carbocycles. The maximum absolute atomic E-state index is 12.5. The van der Waals surface area contributed by atoms with Crippen LogP contribution in [0.4, 0.5) is 10.5 Å². The van der Waals surface area contributed by atoms with Crippen LogP contribution in [0.2, 0.25) is 0 Å². The van der Waals surface area contributed by atoms with Gasteiger partial charge in [-0.3, -0.25) is 4.79 Å². The highest BCUT2D eigenvalue weighted by atomic mass is 32.2. The van der Waals surface area contributed by atoms with Gasteiger partial charge in [-0.05, 0) is 25.0 Å². The number of hydrogen-bond donors (Lipinski definition) is 2. The minimum absolute atomic E-state index is 0.194. The summed E-state index contributed by atoms with van der Waals surface area (Å²) in [5.41, 5.74) is 6.09. The molecule has 1 heterocycles. The molecule has 7 heteroatoms. The minimum atomic E-state index is -0.729. The topological polar surface area (TPSA) is 84.7 Å². The first kappa shape index (κ1) is 17.1. The molecule has 24 heavy (non-hydrogen) atoms. The maximum atomic E-state index is 12.5. The third-order valence-electron chi connectivity index (χ3n) is 4.40. The van der Waals surface area contributed by atoms with Crippen LogP contribution in [0.3, 0.4) is 0 Å². The number of nitrogens with two attached hydrogens (primary N) is 1. The fourth-order valence-corrected chi connectivity index (χ4v) is 4.39. The summed E-state index contributed by atoms with van der Waals surface area (Å²) >= 11 is 1.84. The minimum Gasteiger partial charge on any atom is -0.367 e. The predicted molar refractivity (Wildman–Crippen MR) is 94.1 cm³/mol. The van der Waals surface area contributed by atoms with E-state index in [4.69, 9.17) is 10.5 Å². The van der Waals surface area contributed by atoms with Gasteiger partial charge in [-0.2, -0.15) is 0 Å². The van der Waals surface area contributed by atoms with Crippen molar-refractivity contribution in [3.8, 4) is 0 Å². The Morgan fingerprint density at radius 3 is 2.75 bits per heavy atom. The zero-order valence-corrected chi connectivity index (χ0v) is 14.4. The third-order valence-corrected chi connectivity index (χ3v) is 5.81. The Kier molecular flexibility index (Phi) is 5.63. The van der Waals surface area contributed by atoms with E-state index >= 15 is 0 Å². The Hall–Kier alpha value is -1.73. The number of rotatable bonds is 4. The molecule has 0 bridgehead atoms. The maximum Gasteiger partial charge on any atom is 0.322 e. The highest BCUT2D eigenvalue weighted by Crippen LogP contribution is 2.38. The van der Waals surface area contributed by atoms with Crippen molar-refractivity contribution in [1.29, 1.82) is 0 Å². The number of benzene rings is 1. The molecule has 1 aliphatic carbocycles. The summed E-state index contributed by atoms with van der Waals surface area (Å²) in [6.07, 6.45) is 4.31. The second kappa shape index (κ2) is 7.90. The molecule has 1 saturated heterocycles. The van der Waals surface area contributed by atoms with E-state index in [1.54, 1.807) is 4.90 Å². The molecule has 0 spiro atoms. The zero-order valence-electron chi connectivity index (χ0n) is 13.6. The number of anilines is 1. The van der Waals surface area contributed by atoms with Crippen LogP contribution in [0.5, 0.6) is 0 Å². The van der Waals surface area contributed by atoms with Gasteiger partial charge in [0, 0.05) is 16.7 Å². The van der Waals surface area contributed by atoms with Gasteiger partial charge in [0.25, 0.3) is 0 Å². The number of carbonyl (C=O) groups excluding carboxylic acids is 2. The lowest BCUT2D eigenvalue weighted by Crippen LogP contribution is -2.51. The van der Waals surface area contributed by atoms with E-state index in [1.807, 2.05) is 36.0 Å². The van der Waals surface area contributed by atoms with Crippen LogP contribution >= 0.6 is 11.8 Å². The van der Waals surface area contributed by atoms with Crippen LogP contribution < -0.4 is 11.1 Å². The Morgan fingerprint density at radius 2 is 2.00 bits per heavy atom. The molecule has 1 saturated carbocycles. The molecular weight excluding hydrogens is 326 g/mol. The van der Waals surface area contributed by atoms with Gasteiger partial charge in [-0.1, -0.05) is 25.0 Å². The van der Waals surface area contributed by atoms with Gasteiger partial charge >= 0.3 is 6.03 Å². The Labute approximate surface area is 146 Å². The molecule has 0 unspecified atom stereocenters. The van der Waals surface area contributed by atoms with Gasteiger partial charge in [0.05, 0.1) is 18.8 Å². The predicted octanol–water partition coefficient (Wildman–Crippen LogP) is 2.44. The number of nitrogens with one attached hydrogen (secondary N) is 1. The normalized spacial score (nSPS) is 21.7. The number of thioether (sulfide) groups is 1. The van der Waals surface area contributed by atoms with Gasteiger partial charge < -0.3 is 20.7 Å². The molecule has 1 aliphatic heterocycles. The van der Waals surface area contributed by atoms with E-state index < -0.39 is 12.0 Å². The molecule has 3 N–H and O–H groups in total. The fourth-order valence-electron chi connectivity index (χ4n) is 3.06. The Morgan fingerprint density at radius 1 is 1.25 bits per heavy atom. The second-order valence-corrected chi connectivity index (χ2v) is 7.50. The van der Waals surface area contributed by atoms with Gasteiger partial charge in [0.1, 0.15) is 0 Å². The van der Waals surface area contributed by atoms with Gasteiger partial charge in [-0.25, -0.2) is 4.79 Å². The summed E-state index contributed by atoms with van der Waals surface area (Å²) in [7, 11) is 0. The number of ether oxygens (including phenoxy) is 1. The monoisotopic (exact) mass is 349 g/mol. The number of nitrogens with zero attached hydrogens (tertiary/aromatic N) is 1. The number of hydrogen-bond acceptors (Lipinski definition) is 4. The first-order valence-corrected chi connectivity index (χ1v) is 9.24. The summed E-state index contributed by atoms with van der Waals surface area (Å²) in [6, 6.07) is 7.65. The molecule has 2 fully saturated rings. The molecule has 3 rings (SSSR count). The van der Waals surface area contributed by atoms with E-state index in [-0.39, 0.29) is 12.6 Å². The van der Waals surface area contributed by atoms with Gasteiger partial charge in [0.2, 0.25) is 5.91 Å². The van der Waals surface area contributed by atoms with E-state index in [1.165, 1.54) is 25.7 Å². The van der Waals surface area contributed by atoms with Crippen LogP contribution in [-0.4, -0.2) is 47.9 Å². The number of primary amides is 1. The third kappa shape index (κ3) is 4.21. The van der Waals surface area contributed by atoms with Crippen molar-refractivity contribution in [2.45, 2.75) is 41.9 Å². The molecule has 3 amide bonds. The van der Waals surface area contributed by atoms with Crippen molar-refractivity contribution in [3.63, 3.8) is 0 Å². The Bertz CT molecular complexity index is 604. The van der Waals surface area contributed by atoms with Crippen LogP contribution in [0, 0.1) is 0 Å². The van der Waals surface area contributed by atoms with E-state index in [0.29, 0.717) is 18.4 Å². The van der Waals surface area contributed by atoms with Crippen molar-refractivity contribution in [1.82, 2.24) is 4.90 Å². The lowest BCUT2D eigenvalue weighted by Gasteiger charge is -2.31. The van der Waals surface area contributed by atoms with Crippen LogP contribution in [0.25, 0.3) is 0 Å². The van der Waals surface area contributed by atoms with Gasteiger partial charge in [-0.15, -0.1) is 11.8 Å². The molecular formula is C17H23N3O3S. The van der Waals surface area contributed by atoms with Crippen LogP contribution in [0.1, 0.15) is 25.7 Å². The van der Waals surface area contributed by atoms with Crippen molar-refractivity contribution >= 4 is 29.4 Å². The average Bonchev–Trinajstić information content (AvgIpc) is 3.10. The standard InChI is InChI=1S/C17H23N3O3S/c18-16(21)14-11-20(9-10-23-14)17(22)19-13-7-3-4-8-15(13)24-12-5-1-2-6-12/h3-4,7-8,12,14H,1-2,5-6,9-11H2,(H2,18,21)(H,19,22)/t14-/m1/s1. The fraction of sp³-hybridized carbons (Fsp3) is 0.529. The molecule has 6 nitrogen and oxygen atoms in total. The summed E-state index contributed by atoms with van der Waals surface area (Å²) in [5.74, 6) is -0.537. The van der Waals surface area contributed by atoms with Gasteiger partial charge in [0.15, 0.2) is 6.10 Å². The van der Waals surface area contributed by atoms with Crippen LogP contribution in [-0.2, 0) is 9.53 Å². The lowest BCUT2D eigenvalue weighted by molar-refractivity contribution is -0.133. The zero-order chi connectivity index (χ0) is 16.9. The molecule has 130 valence electrons. The quantitative estimate of drug-likeness (QED) is 0.874. The van der Waals surface area contributed by atoms with Crippen molar-refractivity contribution in [2.75, 3.05) is 25.0 Å². The second-order valence-electron chi connectivity index (χ2n) is 6.16. The SMILES string of the molecule is NC(=O)[C@H]1CN(C(=O)Nc2ccccc2SC2CCCC2)CCO1. The number of carbonyl (C=O) groups is 2. The summed E-state index contributed by atoms with van der Waals surface area (Å²) < 4.78 is 5.28. The molecule has 2 aliphatic rings. The number of urea groups is 1. The first-order chi connectivity index (χ1) is 11.6. The van der Waals surface area contributed by atoms with E-state index in [9.17, 15) is 9.59 Å². The van der Waals surface area contributed by atoms with Crippen LogP contribution in [0.15, 0.2) is 29.2 Å². The summed E-state index contributed by atoms with van der Waals surface area (Å²) in [4.78, 5) is 26.5. The number of para-hydroxylation sites is 1. The highest BCUT2D eigenvalue weighted by molar-refractivity contribution is 8.00. The first-order valence-electron chi connectivity index (χ1n) is 8.36. The summed E-state index contributed by atoms with van der Waals surface area (Å²) in [6.45, 7) is 0.964. The largest absolute Gasteiger partial charge is 0.367 e. The van der Waals surface area contributed by atoms with Crippen molar-refractivity contribution in [3.05, 3.63) is 24.3 Å². The van der Waals surface area contributed by atoms with E-state index in [2.05, 4.69) is 5.32 Å². The number of amides is 3. The highest BCUT2D eigenvalue weighted by Gasteiger charge is 2.28. The molecule has 0 aromatic heterocycles. The van der Waals surface area contributed by atoms with E-state index in [0.717, 1.165) is 10.6 Å². The molecule has 1 aromatic rings. The van der Waals surface area contributed by atoms with Crippen molar-refractivity contribution in [2.24, 2.45) is 5.73 Å². The molecule has 0 radical (unpaired) electrons. The number of morpholine rings is 1.